The zero-order chi connectivity index (χ0) is 22.6. The second-order valence-electron chi connectivity index (χ2n) is 8.99. The predicted octanol–water partition coefficient (Wildman–Crippen LogP) is 3.13. The maximum atomic E-state index is 13.3. The Balaban J connectivity index is 1.34. The van der Waals surface area contributed by atoms with Gasteiger partial charge in [-0.3, -0.25) is 9.78 Å². The fourth-order valence-electron chi connectivity index (χ4n) is 4.81. The fourth-order valence-corrected chi connectivity index (χ4v) is 4.81. The van der Waals surface area contributed by atoms with Crippen molar-refractivity contribution in [1.29, 1.82) is 0 Å². The molecule has 0 atom stereocenters. The number of amides is 1. The van der Waals surface area contributed by atoms with Crippen molar-refractivity contribution in [1.82, 2.24) is 9.88 Å². The molecule has 3 fully saturated rings. The third-order valence-corrected chi connectivity index (χ3v) is 6.85. The number of piperazine rings is 1. The van der Waals surface area contributed by atoms with Crippen LogP contribution in [0.1, 0.15) is 30.0 Å². The van der Waals surface area contributed by atoms with Crippen LogP contribution in [0.5, 0.6) is 0 Å². The highest BCUT2D eigenvalue weighted by Gasteiger charge is 2.27. The maximum absolute atomic E-state index is 13.3. The first kappa shape index (κ1) is 21.9. The number of carbonyl (C=O) groups is 1. The van der Waals surface area contributed by atoms with Crippen LogP contribution in [0.15, 0.2) is 48.4 Å². The Morgan fingerprint density at radius 1 is 0.970 bits per heavy atom. The van der Waals surface area contributed by atoms with Gasteiger partial charge in [-0.1, -0.05) is 12.1 Å². The number of aromatic nitrogens is 1. The van der Waals surface area contributed by atoms with E-state index in [1.165, 1.54) is 5.56 Å². The van der Waals surface area contributed by atoms with Crippen LogP contribution < -0.4 is 9.80 Å². The lowest BCUT2D eigenvalue weighted by molar-refractivity contribution is -0.120. The lowest BCUT2D eigenvalue weighted by Crippen LogP contribution is -2.44. The van der Waals surface area contributed by atoms with Crippen LogP contribution in [0.2, 0.25) is 0 Å². The first-order chi connectivity index (χ1) is 16.2. The average Bonchev–Trinajstić information content (AvgIpc) is 2.87. The van der Waals surface area contributed by atoms with E-state index in [0.717, 1.165) is 69.3 Å². The second-order valence-corrected chi connectivity index (χ2v) is 8.99. The maximum Gasteiger partial charge on any atom is 0.293 e. The summed E-state index contributed by atoms with van der Waals surface area (Å²) in [6.45, 7) is 6.57. The van der Waals surface area contributed by atoms with E-state index in [9.17, 15) is 4.79 Å². The number of morpholine rings is 1. The summed E-state index contributed by atoms with van der Waals surface area (Å²) in [5.74, 6) is 0.777. The molecule has 33 heavy (non-hydrogen) atoms. The molecule has 3 saturated heterocycles. The highest BCUT2D eigenvalue weighted by atomic mass is 16.5. The summed E-state index contributed by atoms with van der Waals surface area (Å²) in [5.41, 5.74) is 4.06. The summed E-state index contributed by atoms with van der Waals surface area (Å²) >= 11 is 0. The van der Waals surface area contributed by atoms with Crippen LogP contribution in [0.3, 0.4) is 0 Å². The van der Waals surface area contributed by atoms with Crippen LogP contribution >= 0.6 is 0 Å². The van der Waals surface area contributed by atoms with E-state index >= 15 is 0 Å². The minimum absolute atomic E-state index is 0.116. The average molecular weight is 449 g/mol. The summed E-state index contributed by atoms with van der Waals surface area (Å²) in [6, 6.07) is 12.4. The van der Waals surface area contributed by atoms with Crippen molar-refractivity contribution in [2.45, 2.75) is 18.8 Å². The molecular weight excluding hydrogens is 416 g/mol. The molecule has 1 aromatic carbocycles. The summed E-state index contributed by atoms with van der Waals surface area (Å²) in [5, 5.41) is 0. The molecule has 7 nitrogen and oxygen atoms in total. The Morgan fingerprint density at radius 2 is 1.73 bits per heavy atom. The lowest BCUT2D eigenvalue weighted by atomic mass is 9.91. The third kappa shape index (κ3) is 4.89. The number of likely N-dealkylation sites (N-methyl/N-ethyl adjacent to an activating group) is 1. The van der Waals surface area contributed by atoms with E-state index in [0.29, 0.717) is 24.8 Å². The molecule has 3 aliphatic rings. The van der Waals surface area contributed by atoms with Gasteiger partial charge in [0.25, 0.3) is 5.91 Å². The van der Waals surface area contributed by atoms with Gasteiger partial charge in [0.15, 0.2) is 5.76 Å². The summed E-state index contributed by atoms with van der Waals surface area (Å²) in [6.07, 6.45) is 5.69. The SMILES string of the molecule is CN1CCN(c2cccnc2C=C2OCCN(c3ccc(C4CCOCC4)cc3)C2=O)CC1. The number of pyridine rings is 1. The molecule has 174 valence electrons. The van der Waals surface area contributed by atoms with Gasteiger partial charge in [0, 0.05) is 57.4 Å². The third-order valence-electron chi connectivity index (χ3n) is 6.85. The first-order valence-electron chi connectivity index (χ1n) is 11.9. The first-order valence-corrected chi connectivity index (χ1v) is 11.9. The fraction of sp³-hybridized carbons (Fsp3) is 0.462. The zero-order valence-electron chi connectivity index (χ0n) is 19.3. The quantitative estimate of drug-likeness (QED) is 0.670. The van der Waals surface area contributed by atoms with Gasteiger partial charge in [0.05, 0.1) is 17.9 Å². The number of carbonyl (C=O) groups excluding carboxylic acids is 1. The summed E-state index contributed by atoms with van der Waals surface area (Å²) in [4.78, 5) is 24.3. The molecule has 5 rings (SSSR count). The Morgan fingerprint density at radius 3 is 2.48 bits per heavy atom. The predicted molar refractivity (Wildman–Crippen MR) is 129 cm³/mol. The standard InChI is InChI=1S/C26H32N4O3/c1-28-11-13-29(14-12-28)24-3-2-10-27-23(24)19-25-26(31)30(15-18-33-25)22-6-4-20(5-7-22)21-8-16-32-17-9-21/h2-7,10,19,21H,8-9,11-18H2,1H3. The van der Waals surface area contributed by atoms with E-state index in [4.69, 9.17) is 9.47 Å². The van der Waals surface area contributed by atoms with Gasteiger partial charge < -0.3 is 24.2 Å². The van der Waals surface area contributed by atoms with Gasteiger partial charge in [-0.15, -0.1) is 0 Å². The minimum atomic E-state index is -0.116. The topological polar surface area (TPSA) is 58.1 Å². The summed E-state index contributed by atoms with van der Waals surface area (Å²) < 4.78 is 11.3. The van der Waals surface area contributed by atoms with Crippen molar-refractivity contribution in [3.05, 3.63) is 59.6 Å². The van der Waals surface area contributed by atoms with Crippen molar-refractivity contribution in [3.63, 3.8) is 0 Å². The monoisotopic (exact) mass is 448 g/mol. The molecule has 1 amide bonds. The van der Waals surface area contributed by atoms with Crippen LogP contribution in [0.25, 0.3) is 6.08 Å². The van der Waals surface area contributed by atoms with Gasteiger partial charge in [-0.2, -0.15) is 0 Å². The number of benzene rings is 1. The molecule has 2 aromatic rings. The molecule has 7 heteroatoms. The number of rotatable bonds is 4. The minimum Gasteiger partial charge on any atom is -0.486 e. The van der Waals surface area contributed by atoms with Crippen molar-refractivity contribution in [3.8, 4) is 0 Å². The zero-order valence-corrected chi connectivity index (χ0v) is 19.3. The molecule has 1 aromatic heterocycles. The van der Waals surface area contributed by atoms with Crippen LogP contribution in [-0.2, 0) is 14.3 Å². The second kappa shape index (κ2) is 9.93. The highest BCUT2D eigenvalue weighted by molar-refractivity contribution is 6.07. The van der Waals surface area contributed by atoms with Gasteiger partial charge >= 0.3 is 0 Å². The van der Waals surface area contributed by atoms with Crippen LogP contribution in [0, 0.1) is 0 Å². The van der Waals surface area contributed by atoms with Gasteiger partial charge in [-0.25, -0.2) is 0 Å². The highest BCUT2D eigenvalue weighted by Crippen LogP contribution is 2.30. The molecule has 0 radical (unpaired) electrons. The molecular formula is C26H32N4O3. The molecule has 0 saturated carbocycles. The van der Waals surface area contributed by atoms with Crippen molar-refractivity contribution in [2.24, 2.45) is 0 Å². The molecule has 0 N–H and O–H groups in total. The Hall–Kier alpha value is -2.90. The molecule has 3 aliphatic heterocycles. The Kier molecular flexibility index (Phi) is 6.60. The smallest absolute Gasteiger partial charge is 0.293 e. The van der Waals surface area contributed by atoms with Gasteiger partial charge in [-0.05, 0) is 55.6 Å². The van der Waals surface area contributed by atoms with Crippen molar-refractivity contribution >= 4 is 23.4 Å². The molecule has 0 aliphatic carbocycles. The number of ether oxygens (including phenoxy) is 2. The number of nitrogens with zero attached hydrogens (tertiary/aromatic N) is 4. The molecule has 4 heterocycles. The molecule has 0 unspecified atom stereocenters. The lowest BCUT2D eigenvalue weighted by Gasteiger charge is -2.34. The van der Waals surface area contributed by atoms with E-state index in [2.05, 4.69) is 52.2 Å². The van der Waals surface area contributed by atoms with Crippen molar-refractivity contribution < 1.29 is 14.3 Å². The molecule has 0 spiro atoms. The van der Waals surface area contributed by atoms with E-state index < -0.39 is 0 Å². The van der Waals surface area contributed by atoms with Crippen LogP contribution in [0.4, 0.5) is 11.4 Å². The van der Waals surface area contributed by atoms with E-state index in [-0.39, 0.29) is 5.91 Å². The van der Waals surface area contributed by atoms with Gasteiger partial charge in [0.2, 0.25) is 0 Å². The van der Waals surface area contributed by atoms with Crippen LogP contribution in [-0.4, -0.2) is 75.4 Å². The number of hydrogen-bond donors (Lipinski definition) is 0. The largest absolute Gasteiger partial charge is 0.486 e. The van der Waals surface area contributed by atoms with Crippen molar-refractivity contribution in [2.75, 3.05) is 69.4 Å². The van der Waals surface area contributed by atoms with E-state index in [1.54, 1.807) is 12.3 Å². The Bertz CT molecular complexity index is 993. The normalized spacial score (nSPS) is 22.0. The molecule has 0 bridgehead atoms. The van der Waals surface area contributed by atoms with Gasteiger partial charge in [0.1, 0.15) is 6.61 Å². The summed E-state index contributed by atoms with van der Waals surface area (Å²) in [7, 11) is 2.14. The Labute approximate surface area is 195 Å². The van der Waals surface area contributed by atoms with E-state index in [1.807, 2.05) is 11.0 Å². The number of hydrogen-bond acceptors (Lipinski definition) is 6. The number of anilines is 2.